The van der Waals surface area contributed by atoms with E-state index < -0.39 is 65.3 Å². The Labute approximate surface area is 261 Å². The zero-order chi connectivity index (χ0) is 29.1. The van der Waals surface area contributed by atoms with Crippen molar-refractivity contribution in [1.82, 2.24) is 0 Å². The first kappa shape index (κ1) is 39.9. The van der Waals surface area contributed by atoms with Crippen molar-refractivity contribution in [3.63, 3.8) is 0 Å². The van der Waals surface area contributed by atoms with Gasteiger partial charge in [-0.15, -0.1) is 0 Å². The van der Waals surface area contributed by atoms with Gasteiger partial charge in [0.2, 0.25) is 0 Å². The van der Waals surface area contributed by atoms with Crippen molar-refractivity contribution in [2.45, 2.75) is 134 Å². The summed E-state index contributed by atoms with van der Waals surface area (Å²) in [4.78, 5) is 11.9. The molecule has 13 heteroatoms. The van der Waals surface area contributed by atoms with E-state index in [-0.39, 0.29) is 42.6 Å². The molecule has 0 amide bonds. The standard InChI is InChI=1S/C27H50O11S.Na/c1-2-3-4-5-6-7-8-9-10-11-12-13-14-15-16-17-23(29)36-18-21(28)19-37-27-26(32)25(31)24(30)22(38-27)20-39(33,34)35;/h9-10,21-22,24-28,30-32H,2-8,11-20H2,1H3,(H,33,34,35);/q;+1/p-1/b10-9-;/t21?,22-,24-,25+,26-,27+;/m1./s1. The summed E-state index contributed by atoms with van der Waals surface area (Å²) < 4.78 is 48.1. The first-order valence-corrected chi connectivity index (χ1v) is 15.9. The smallest absolute Gasteiger partial charge is 0.748 e. The van der Waals surface area contributed by atoms with E-state index in [9.17, 15) is 38.2 Å². The van der Waals surface area contributed by atoms with Crippen LogP contribution in [0.5, 0.6) is 0 Å². The number of ether oxygens (including phenoxy) is 3. The van der Waals surface area contributed by atoms with E-state index in [2.05, 4.69) is 19.1 Å². The van der Waals surface area contributed by atoms with Crippen molar-refractivity contribution in [2.75, 3.05) is 19.0 Å². The molecular weight excluding hydrogens is 555 g/mol. The maximum atomic E-state index is 11.9. The van der Waals surface area contributed by atoms with Crippen LogP contribution in [0.25, 0.3) is 0 Å². The molecule has 230 valence electrons. The summed E-state index contributed by atoms with van der Waals surface area (Å²) >= 11 is 0. The van der Waals surface area contributed by atoms with E-state index in [0.717, 1.165) is 38.5 Å². The SMILES string of the molecule is CCCCCCCC/C=C\CCCCCCCC(=O)OCC(O)CO[C@H]1O[C@H](CS(=O)(=O)[O-])[C@@H](O)[C@H](O)[C@H]1O.[Na+]. The number of hydrogen-bond donors (Lipinski definition) is 4. The fourth-order valence-corrected chi connectivity index (χ4v) is 4.93. The summed E-state index contributed by atoms with van der Waals surface area (Å²) in [6.45, 7) is 1.39. The third kappa shape index (κ3) is 19.1. The van der Waals surface area contributed by atoms with Gasteiger partial charge in [-0.05, 0) is 32.1 Å². The number of carbonyl (C=O) groups is 1. The first-order valence-electron chi connectivity index (χ1n) is 14.3. The summed E-state index contributed by atoms with van der Waals surface area (Å²) in [5.41, 5.74) is 0. The molecule has 1 unspecified atom stereocenters. The number of aliphatic hydroxyl groups is 4. The van der Waals surface area contributed by atoms with Gasteiger partial charge in [0.25, 0.3) is 0 Å². The minimum atomic E-state index is -4.79. The maximum Gasteiger partial charge on any atom is 1.00 e. The van der Waals surface area contributed by atoms with Crippen LogP contribution in [-0.4, -0.2) is 95.1 Å². The predicted molar refractivity (Wildman–Crippen MR) is 144 cm³/mol. The molecule has 0 saturated carbocycles. The Morgan fingerprint density at radius 3 is 2.00 bits per heavy atom. The topological polar surface area (TPSA) is 183 Å². The quantitative estimate of drug-likeness (QED) is 0.0403. The molecule has 1 rings (SSSR count). The second-order valence-electron chi connectivity index (χ2n) is 10.2. The number of allylic oxidation sites excluding steroid dienone is 2. The van der Waals surface area contributed by atoms with Gasteiger partial charge in [0.1, 0.15) is 37.1 Å². The van der Waals surface area contributed by atoms with Crippen molar-refractivity contribution in [2.24, 2.45) is 0 Å². The van der Waals surface area contributed by atoms with E-state index in [4.69, 9.17) is 14.2 Å². The molecule has 1 heterocycles. The first-order chi connectivity index (χ1) is 18.5. The molecule has 4 N–H and O–H groups in total. The van der Waals surface area contributed by atoms with Crippen molar-refractivity contribution < 1.29 is 82.0 Å². The number of esters is 1. The number of carbonyl (C=O) groups excluding carboxylic acids is 1. The Morgan fingerprint density at radius 2 is 1.43 bits per heavy atom. The molecule has 1 fully saturated rings. The number of unbranched alkanes of at least 4 members (excludes halogenated alkanes) is 11. The van der Waals surface area contributed by atoms with Gasteiger partial charge in [0.05, 0.1) is 22.5 Å². The van der Waals surface area contributed by atoms with Gasteiger partial charge in [-0.3, -0.25) is 4.79 Å². The van der Waals surface area contributed by atoms with E-state index in [1.807, 2.05) is 0 Å². The van der Waals surface area contributed by atoms with Crippen LogP contribution in [0.15, 0.2) is 12.2 Å². The van der Waals surface area contributed by atoms with Crippen molar-refractivity contribution >= 4 is 16.1 Å². The van der Waals surface area contributed by atoms with Gasteiger partial charge in [-0.2, -0.15) is 0 Å². The molecule has 0 aromatic heterocycles. The molecule has 40 heavy (non-hydrogen) atoms. The Morgan fingerprint density at radius 1 is 0.875 bits per heavy atom. The molecule has 1 saturated heterocycles. The van der Waals surface area contributed by atoms with Crippen LogP contribution in [0.4, 0.5) is 0 Å². The van der Waals surface area contributed by atoms with E-state index in [1.165, 1.54) is 38.5 Å². The van der Waals surface area contributed by atoms with Crippen LogP contribution in [0, 0.1) is 0 Å². The summed E-state index contributed by atoms with van der Waals surface area (Å²) in [5.74, 6) is -1.59. The zero-order valence-electron chi connectivity index (χ0n) is 24.2. The number of aliphatic hydroxyl groups excluding tert-OH is 4. The Balaban J connectivity index is 0.0000152. The fraction of sp³-hybridized carbons (Fsp3) is 0.889. The Bertz CT molecular complexity index is 780. The van der Waals surface area contributed by atoms with Gasteiger partial charge in [-0.1, -0.05) is 70.4 Å². The normalized spacial score (nSPS) is 24.1. The molecule has 0 aromatic carbocycles. The summed E-state index contributed by atoms with van der Waals surface area (Å²) in [7, 11) is -4.79. The average Bonchev–Trinajstić information content (AvgIpc) is 2.88. The van der Waals surface area contributed by atoms with Gasteiger partial charge in [-0.25, -0.2) is 8.42 Å². The Kier molecular flexibility index (Phi) is 23.3. The molecule has 6 atom stereocenters. The molecule has 0 aliphatic carbocycles. The second-order valence-corrected chi connectivity index (χ2v) is 11.7. The van der Waals surface area contributed by atoms with Crippen LogP contribution < -0.4 is 29.6 Å². The number of hydrogen-bond acceptors (Lipinski definition) is 11. The maximum absolute atomic E-state index is 11.9. The zero-order valence-corrected chi connectivity index (χ0v) is 27.0. The molecule has 11 nitrogen and oxygen atoms in total. The summed E-state index contributed by atoms with van der Waals surface area (Å²) in [5, 5.41) is 39.6. The van der Waals surface area contributed by atoms with Crippen molar-refractivity contribution in [3.05, 3.63) is 12.2 Å². The van der Waals surface area contributed by atoms with Crippen molar-refractivity contribution in [1.29, 1.82) is 0 Å². The van der Waals surface area contributed by atoms with Crippen LogP contribution in [0.2, 0.25) is 0 Å². The summed E-state index contributed by atoms with van der Waals surface area (Å²) in [6, 6.07) is 0. The van der Waals surface area contributed by atoms with Crippen LogP contribution in [0.1, 0.15) is 96.8 Å². The minimum Gasteiger partial charge on any atom is -0.748 e. The van der Waals surface area contributed by atoms with Crippen LogP contribution >= 0.6 is 0 Å². The Hall–Kier alpha value is -0.120. The van der Waals surface area contributed by atoms with Gasteiger partial charge in [0, 0.05) is 6.42 Å². The van der Waals surface area contributed by atoms with E-state index >= 15 is 0 Å². The third-order valence-electron chi connectivity index (χ3n) is 6.57. The molecule has 0 aromatic rings. The third-order valence-corrected chi connectivity index (χ3v) is 7.31. The van der Waals surface area contributed by atoms with Crippen LogP contribution in [-0.2, 0) is 29.1 Å². The molecule has 0 spiro atoms. The fourth-order valence-electron chi connectivity index (χ4n) is 4.25. The monoisotopic (exact) mass is 604 g/mol. The van der Waals surface area contributed by atoms with E-state index in [0.29, 0.717) is 6.42 Å². The molecule has 0 radical (unpaired) electrons. The van der Waals surface area contributed by atoms with Crippen LogP contribution in [0.3, 0.4) is 0 Å². The molecule has 1 aliphatic heterocycles. The van der Waals surface area contributed by atoms with E-state index in [1.54, 1.807) is 0 Å². The summed E-state index contributed by atoms with van der Waals surface area (Å²) in [6.07, 6.45) is 9.91. The predicted octanol–water partition coefficient (Wildman–Crippen LogP) is -0.699. The van der Waals surface area contributed by atoms with Gasteiger partial charge in [0.15, 0.2) is 6.29 Å². The van der Waals surface area contributed by atoms with Gasteiger partial charge >= 0.3 is 35.5 Å². The largest absolute Gasteiger partial charge is 1.00 e. The second kappa shape index (κ2) is 23.3. The molecule has 1 aliphatic rings. The molecular formula is C27H49NaO11S. The number of rotatable bonds is 22. The minimum absolute atomic E-state index is 0. The van der Waals surface area contributed by atoms with Crippen molar-refractivity contribution in [3.8, 4) is 0 Å². The van der Waals surface area contributed by atoms with Gasteiger partial charge < -0.3 is 39.2 Å². The molecule has 0 bridgehead atoms. The average molecular weight is 605 g/mol.